The number of carbonyl (C=O) groups excluding carboxylic acids is 1. The average Bonchev–Trinajstić information content (AvgIpc) is 3.18. The molecular weight excluding hydrogens is 392 g/mol. The van der Waals surface area contributed by atoms with Crippen molar-refractivity contribution in [1.29, 1.82) is 0 Å². The van der Waals surface area contributed by atoms with Crippen molar-refractivity contribution in [2.45, 2.75) is 26.7 Å². The minimum Gasteiger partial charge on any atom is -0.507 e. The number of ether oxygens (including phenoxy) is 1. The number of aromatic amines is 1. The highest BCUT2D eigenvalue weighted by Gasteiger charge is 2.20. The molecule has 2 N–H and O–H groups in total. The van der Waals surface area contributed by atoms with Crippen LogP contribution in [-0.2, 0) is 11.2 Å². The Morgan fingerprint density at radius 2 is 1.94 bits per heavy atom. The van der Waals surface area contributed by atoms with E-state index in [2.05, 4.69) is 28.9 Å². The van der Waals surface area contributed by atoms with Crippen molar-refractivity contribution < 1.29 is 14.6 Å². The third-order valence-corrected chi connectivity index (χ3v) is 5.86. The van der Waals surface area contributed by atoms with Gasteiger partial charge in [-0.25, -0.2) is 0 Å². The summed E-state index contributed by atoms with van der Waals surface area (Å²) in [6, 6.07) is 11.3. The normalized spacial score (nSPS) is 14.4. The second-order valence-corrected chi connectivity index (χ2v) is 8.50. The number of benzene rings is 2. The summed E-state index contributed by atoms with van der Waals surface area (Å²) in [4.78, 5) is 17.0. The average molecular weight is 423 g/mol. The summed E-state index contributed by atoms with van der Waals surface area (Å²) in [5, 5.41) is 18.7. The molecule has 164 valence electrons. The largest absolute Gasteiger partial charge is 0.507 e. The van der Waals surface area contributed by atoms with Crippen molar-refractivity contribution in [2.75, 3.05) is 43.2 Å². The quantitative estimate of drug-likeness (QED) is 0.628. The second kappa shape index (κ2) is 8.98. The zero-order valence-corrected chi connectivity index (χ0v) is 18.4. The van der Waals surface area contributed by atoms with Crippen molar-refractivity contribution in [3.05, 3.63) is 47.7 Å². The number of morpholine rings is 1. The van der Waals surface area contributed by atoms with Crippen molar-refractivity contribution in [1.82, 2.24) is 10.2 Å². The zero-order chi connectivity index (χ0) is 22.0. The van der Waals surface area contributed by atoms with Crippen LogP contribution in [0.4, 0.5) is 11.4 Å². The summed E-state index contributed by atoms with van der Waals surface area (Å²) in [5.41, 5.74) is 3.83. The number of nitrogens with one attached hydrogen (secondary N) is 1. The molecule has 0 saturated carbocycles. The number of amides is 1. The van der Waals surface area contributed by atoms with Gasteiger partial charge in [0.05, 0.1) is 30.0 Å². The third kappa shape index (κ3) is 4.51. The maximum atomic E-state index is 13.2. The van der Waals surface area contributed by atoms with Crippen LogP contribution in [0.5, 0.6) is 5.75 Å². The van der Waals surface area contributed by atoms with E-state index in [1.807, 2.05) is 24.3 Å². The first-order valence-corrected chi connectivity index (χ1v) is 10.8. The van der Waals surface area contributed by atoms with E-state index in [4.69, 9.17) is 4.74 Å². The van der Waals surface area contributed by atoms with Crippen molar-refractivity contribution in [3.63, 3.8) is 0 Å². The van der Waals surface area contributed by atoms with Gasteiger partial charge in [-0.1, -0.05) is 13.8 Å². The van der Waals surface area contributed by atoms with Gasteiger partial charge in [0, 0.05) is 43.0 Å². The lowest BCUT2D eigenvalue weighted by Crippen LogP contribution is -2.36. The molecule has 7 nitrogen and oxygen atoms in total. The Morgan fingerprint density at radius 1 is 1.23 bits per heavy atom. The molecule has 1 aliphatic heterocycles. The predicted molar refractivity (Wildman–Crippen MR) is 123 cm³/mol. The number of nitrogens with zero attached hydrogens (tertiary/aromatic N) is 3. The third-order valence-electron chi connectivity index (χ3n) is 5.86. The molecule has 1 aliphatic rings. The van der Waals surface area contributed by atoms with Crippen LogP contribution in [-0.4, -0.2) is 54.6 Å². The van der Waals surface area contributed by atoms with Gasteiger partial charge in [-0.05, 0) is 49.1 Å². The maximum absolute atomic E-state index is 13.2. The van der Waals surface area contributed by atoms with Crippen molar-refractivity contribution >= 4 is 28.2 Å². The van der Waals surface area contributed by atoms with Gasteiger partial charge in [0.1, 0.15) is 5.75 Å². The summed E-state index contributed by atoms with van der Waals surface area (Å²) in [5.74, 6) is 0.263. The second-order valence-electron chi connectivity index (χ2n) is 8.50. The van der Waals surface area contributed by atoms with Gasteiger partial charge in [0.25, 0.3) is 5.91 Å². The minimum absolute atomic E-state index is 0.0478. The van der Waals surface area contributed by atoms with Crippen LogP contribution in [0, 0.1) is 5.92 Å². The van der Waals surface area contributed by atoms with E-state index in [1.165, 1.54) is 0 Å². The molecule has 1 aromatic heterocycles. The Balaban J connectivity index is 1.56. The highest BCUT2D eigenvalue weighted by atomic mass is 16.5. The molecule has 0 atom stereocenters. The molecule has 31 heavy (non-hydrogen) atoms. The number of H-pyrrole nitrogens is 1. The summed E-state index contributed by atoms with van der Waals surface area (Å²) in [6.45, 7) is 7.55. The number of phenols is 1. The number of aromatic nitrogens is 2. The van der Waals surface area contributed by atoms with Gasteiger partial charge in [0.2, 0.25) is 0 Å². The number of fused-ring (bicyclic) bond motifs is 1. The number of anilines is 2. The molecule has 2 aromatic carbocycles. The molecule has 2 heterocycles. The molecule has 0 aliphatic carbocycles. The van der Waals surface area contributed by atoms with Crippen LogP contribution in [0.3, 0.4) is 0 Å². The molecule has 0 spiro atoms. The van der Waals surface area contributed by atoms with Crippen molar-refractivity contribution in [2.24, 2.45) is 5.92 Å². The number of aryl methyl sites for hydroxylation is 1. The van der Waals surface area contributed by atoms with Crippen LogP contribution >= 0.6 is 0 Å². The number of carbonyl (C=O) groups is 1. The molecule has 1 amide bonds. The molecule has 0 radical (unpaired) electrons. The molecule has 0 unspecified atom stereocenters. The highest BCUT2D eigenvalue weighted by molar-refractivity contribution is 6.09. The molecule has 3 aromatic rings. The maximum Gasteiger partial charge on any atom is 0.261 e. The molecule has 0 bridgehead atoms. The van der Waals surface area contributed by atoms with Crippen LogP contribution in [0.2, 0.25) is 0 Å². The van der Waals surface area contributed by atoms with E-state index in [9.17, 15) is 9.90 Å². The summed E-state index contributed by atoms with van der Waals surface area (Å²) in [6.07, 6.45) is 1.84. The van der Waals surface area contributed by atoms with Gasteiger partial charge >= 0.3 is 0 Å². The number of hydrogen-bond acceptors (Lipinski definition) is 5. The van der Waals surface area contributed by atoms with Crippen LogP contribution < -0.4 is 9.80 Å². The van der Waals surface area contributed by atoms with E-state index in [-0.39, 0.29) is 17.2 Å². The molecule has 4 rings (SSSR count). The summed E-state index contributed by atoms with van der Waals surface area (Å²) < 4.78 is 5.41. The Morgan fingerprint density at radius 3 is 2.61 bits per heavy atom. The number of phenolic OH excluding ortho intramolecular Hbond substituents is 1. The fourth-order valence-corrected chi connectivity index (χ4v) is 3.90. The Kier molecular flexibility index (Phi) is 6.13. The van der Waals surface area contributed by atoms with Gasteiger partial charge in [-0.15, -0.1) is 0 Å². The molecule has 1 fully saturated rings. The molecule has 7 heteroatoms. The van der Waals surface area contributed by atoms with Crippen LogP contribution in [0.15, 0.2) is 36.4 Å². The lowest BCUT2D eigenvalue weighted by atomic mass is 10.0. The Bertz CT molecular complexity index is 1050. The Labute approximate surface area is 182 Å². The van der Waals surface area contributed by atoms with E-state index in [1.54, 1.807) is 24.1 Å². The summed E-state index contributed by atoms with van der Waals surface area (Å²) >= 11 is 0. The number of rotatable bonds is 6. The fraction of sp³-hybridized carbons (Fsp3) is 0.417. The van der Waals surface area contributed by atoms with E-state index in [0.29, 0.717) is 5.92 Å². The standard InChI is InChI=1S/C24H30N4O3/c1-16(2)4-9-21-19-14-20(23(29)15-22(19)26-25-21)24(30)27(3)17-5-7-18(8-6-17)28-10-12-31-13-11-28/h5-8,14-16,29H,4,9-13H2,1-3H3,(H,25,26). The first-order chi connectivity index (χ1) is 14.9. The van der Waals surface area contributed by atoms with Crippen LogP contribution in [0.25, 0.3) is 10.9 Å². The topological polar surface area (TPSA) is 81.7 Å². The number of hydrogen-bond donors (Lipinski definition) is 2. The lowest BCUT2D eigenvalue weighted by Gasteiger charge is -2.29. The van der Waals surface area contributed by atoms with Crippen LogP contribution in [0.1, 0.15) is 36.3 Å². The first-order valence-electron chi connectivity index (χ1n) is 10.8. The van der Waals surface area contributed by atoms with Gasteiger partial charge in [-0.3, -0.25) is 9.89 Å². The summed E-state index contributed by atoms with van der Waals surface area (Å²) in [7, 11) is 1.73. The first kappa shape index (κ1) is 21.2. The van der Waals surface area contributed by atoms with Gasteiger partial charge in [-0.2, -0.15) is 5.10 Å². The predicted octanol–water partition coefficient (Wildman–Crippen LogP) is 3.97. The zero-order valence-electron chi connectivity index (χ0n) is 18.4. The highest BCUT2D eigenvalue weighted by Crippen LogP contribution is 2.29. The minimum atomic E-state index is -0.255. The van der Waals surface area contributed by atoms with Gasteiger partial charge in [0.15, 0.2) is 0 Å². The number of aromatic hydroxyl groups is 1. The Hall–Kier alpha value is -3.06. The smallest absolute Gasteiger partial charge is 0.261 e. The monoisotopic (exact) mass is 422 g/mol. The van der Waals surface area contributed by atoms with E-state index in [0.717, 1.165) is 67.1 Å². The van der Waals surface area contributed by atoms with E-state index < -0.39 is 0 Å². The lowest BCUT2D eigenvalue weighted by molar-refractivity contribution is 0.0990. The molecular formula is C24H30N4O3. The molecule has 1 saturated heterocycles. The fourth-order valence-electron chi connectivity index (χ4n) is 3.90. The van der Waals surface area contributed by atoms with Gasteiger partial charge < -0.3 is 19.6 Å². The SMILES string of the molecule is CC(C)CCc1n[nH]c2cc(O)c(C(=O)N(C)c3ccc(N4CCOCC4)cc3)cc12. The van der Waals surface area contributed by atoms with Crippen molar-refractivity contribution in [3.8, 4) is 5.75 Å². The van der Waals surface area contributed by atoms with E-state index >= 15 is 0 Å².